The maximum Gasteiger partial charge on any atom is 0.262 e. The highest BCUT2D eigenvalue weighted by atomic mass is 32.1. The van der Waals surface area contributed by atoms with E-state index in [4.69, 9.17) is 17.0 Å². The van der Waals surface area contributed by atoms with E-state index >= 15 is 0 Å². The molecule has 0 spiro atoms. The third-order valence-corrected chi connectivity index (χ3v) is 3.59. The Morgan fingerprint density at radius 2 is 2.10 bits per heavy atom. The number of nitrogens with zero attached hydrogens (tertiary/aromatic N) is 2. The van der Waals surface area contributed by atoms with E-state index in [-0.39, 0.29) is 5.56 Å². The predicted octanol–water partition coefficient (Wildman–Crippen LogP) is 1.64. The molecule has 5 nitrogen and oxygen atoms in total. The Balaban J connectivity index is 2.22. The van der Waals surface area contributed by atoms with Crippen LogP contribution in [0.15, 0.2) is 29.1 Å². The van der Waals surface area contributed by atoms with E-state index in [9.17, 15) is 4.79 Å². The highest BCUT2D eigenvalue weighted by molar-refractivity contribution is 7.71. The first-order valence-corrected chi connectivity index (χ1v) is 6.93. The Hall–Kier alpha value is -1.50. The minimum absolute atomic E-state index is 0.0375. The van der Waals surface area contributed by atoms with Crippen LogP contribution in [0.4, 0.5) is 0 Å². The van der Waals surface area contributed by atoms with Crippen LogP contribution < -0.4 is 5.56 Å². The molecule has 0 saturated heterocycles. The lowest BCUT2D eigenvalue weighted by Crippen LogP contribution is -2.31. The van der Waals surface area contributed by atoms with Crippen LogP contribution in [0.1, 0.15) is 0 Å². The largest absolute Gasteiger partial charge is 0.383 e. The molecule has 6 heteroatoms. The molecule has 0 aliphatic rings. The minimum atomic E-state index is -0.0375. The van der Waals surface area contributed by atoms with Crippen LogP contribution in [-0.2, 0) is 11.3 Å². The normalized spacial score (nSPS) is 11.3. The molecule has 0 radical (unpaired) electrons. The van der Waals surface area contributed by atoms with Gasteiger partial charge in [-0.1, -0.05) is 12.1 Å². The van der Waals surface area contributed by atoms with E-state index in [0.717, 1.165) is 18.6 Å². The van der Waals surface area contributed by atoms with Crippen LogP contribution in [-0.4, -0.2) is 48.3 Å². The molecule has 1 aromatic heterocycles. The standard InChI is InChI=1S/C14H19N3O2S/c1-16(9-10-19-2)7-8-17-13(18)11-5-3-4-6-12(11)15-14(17)20/h3-6H,7-10H2,1-2H3,(H,15,20). The van der Waals surface area contributed by atoms with E-state index in [0.29, 0.717) is 23.3 Å². The van der Waals surface area contributed by atoms with Crippen molar-refractivity contribution in [1.29, 1.82) is 0 Å². The maximum atomic E-state index is 12.4. The molecule has 2 aromatic rings. The fourth-order valence-corrected chi connectivity index (χ4v) is 2.32. The number of para-hydroxylation sites is 1. The zero-order valence-electron chi connectivity index (χ0n) is 11.8. The topological polar surface area (TPSA) is 50.3 Å². The highest BCUT2D eigenvalue weighted by Gasteiger charge is 2.06. The summed E-state index contributed by atoms with van der Waals surface area (Å²) >= 11 is 5.27. The average molecular weight is 293 g/mol. The van der Waals surface area contributed by atoms with Crippen molar-refractivity contribution in [3.05, 3.63) is 39.4 Å². The van der Waals surface area contributed by atoms with Gasteiger partial charge in [-0.3, -0.25) is 9.36 Å². The molecule has 2 rings (SSSR count). The quantitative estimate of drug-likeness (QED) is 0.823. The summed E-state index contributed by atoms with van der Waals surface area (Å²) in [4.78, 5) is 17.6. The number of hydrogen-bond acceptors (Lipinski definition) is 4. The Kier molecular flexibility index (Phi) is 5.05. The SMILES string of the molecule is COCCN(C)CCn1c(=S)[nH]c2ccccc2c1=O. The summed E-state index contributed by atoms with van der Waals surface area (Å²) in [5.41, 5.74) is 0.746. The molecular weight excluding hydrogens is 274 g/mol. The molecule has 0 unspecified atom stereocenters. The van der Waals surface area contributed by atoms with Crippen molar-refractivity contribution in [3.63, 3.8) is 0 Å². The Labute approximate surface area is 122 Å². The van der Waals surface area contributed by atoms with Gasteiger partial charge < -0.3 is 14.6 Å². The molecule has 0 saturated carbocycles. The molecule has 0 bridgehead atoms. The summed E-state index contributed by atoms with van der Waals surface area (Å²) in [6.45, 7) is 2.82. The fraction of sp³-hybridized carbons (Fsp3) is 0.429. The summed E-state index contributed by atoms with van der Waals surface area (Å²) in [5, 5.41) is 0.667. The van der Waals surface area contributed by atoms with Crippen LogP contribution in [0.2, 0.25) is 0 Å². The van der Waals surface area contributed by atoms with Crippen molar-refractivity contribution < 1.29 is 4.74 Å². The van der Waals surface area contributed by atoms with Gasteiger partial charge in [-0.2, -0.15) is 0 Å². The van der Waals surface area contributed by atoms with Crippen LogP contribution >= 0.6 is 12.2 Å². The fourth-order valence-electron chi connectivity index (χ4n) is 2.03. The first kappa shape index (κ1) is 14.9. The van der Waals surface area contributed by atoms with E-state index in [1.165, 1.54) is 0 Å². The molecule has 1 heterocycles. The van der Waals surface area contributed by atoms with Crippen LogP contribution in [0, 0.1) is 4.77 Å². The number of fused-ring (bicyclic) bond motifs is 1. The number of methoxy groups -OCH3 is 1. The third kappa shape index (κ3) is 3.33. The summed E-state index contributed by atoms with van der Waals surface area (Å²) < 4.78 is 7.11. The monoisotopic (exact) mass is 293 g/mol. The van der Waals surface area contributed by atoms with Crippen molar-refractivity contribution in [2.75, 3.05) is 33.9 Å². The van der Waals surface area contributed by atoms with Crippen LogP contribution in [0.5, 0.6) is 0 Å². The van der Waals surface area contributed by atoms with Crippen molar-refractivity contribution in [2.45, 2.75) is 6.54 Å². The zero-order chi connectivity index (χ0) is 14.5. The van der Waals surface area contributed by atoms with Crippen molar-refractivity contribution >= 4 is 23.1 Å². The summed E-state index contributed by atoms with van der Waals surface area (Å²) in [6.07, 6.45) is 0. The molecule has 0 atom stereocenters. The van der Waals surface area contributed by atoms with Crippen LogP contribution in [0.3, 0.4) is 0 Å². The zero-order valence-corrected chi connectivity index (χ0v) is 12.6. The lowest BCUT2D eigenvalue weighted by Gasteiger charge is -2.16. The minimum Gasteiger partial charge on any atom is -0.383 e. The van der Waals surface area contributed by atoms with E-state index < -0.39 is 0 Å². The lowest BCUT2D eigenvalue weighted by molar-refractivity contribution is 0.159. The summed E-state index contributed by atoms with van der Waals surface area (Å²) in [6, 6.07) is 7.42. The maximum absolute atomic E-state index is 12.4. The number of ether oxygens (including phenoxy) is 1. The van der Waals surface area contributed by atoms with Gasteiger partial charge in [0.15, 0.2) is 4.77 Å². The number of nitrogens with one attached hydrogen (secondary N) is 1. The van der Waals surface area contributed by atoms with Crippen molar-refractivity contribution in [1.82, 2.24) is 14.5 Å². The number of likely N-dealkylation sites (N-methyl/N-ethyl adjacent to an activating group) is 1. The molecule has 0 aliphatic carbocycles. The molecule has 0 amide bonds. The molecule has 0 fully saturated rings. The Bertz CT molecular complexity index is 693. The number of aromatic amines is 1. The van der Waals surface area contributed by atoms with Crippen molar-refractivity contribution in [2.24, 2.45) is 0 Å². The number of aromatic nitrogens is 2. The molecule has 1 N–H and O–H groups in total. The first-order valence-electron chi connectivity index (χ1n) is 6.53. The second-order valence-electron chi connectivity index (χ2n) is 4.73. The smallest absolute Gasteiger partial charge is 0.262 e. The number of H-pyrrole nitrogens is 1. The van der Waals surface area contributed by atoms with Gasteiger partial charge in [-0.25, -0.2) is 0 Å². The number of hydrogen-bond donors (Lipinski definition) is 1. The molecular formula is C14H19N3O2S. The van der Waals surface area contributed by atoms with Gasteiger partial charge in [-0.05, 0) is 31.4 Å². The Morgan fingerprint density at radius 1 is 1.35 bits per heavy atom. The van der Waals surface area contributed by atoms with Crippen LogP contribution in [0.25, 0.3) is 10.9 Å². The summed E-state index contributed by atoms with van der Waals surface area (Å²) in [7, 11) is 3.68. The van der Waals surface area contributed by atoms with Crippen molar-refractivity contribution in [3.8, 4) is 0 Å². The lowest BCUT2D eigenvalue weighted by atomic mass is 10.2. The first-order chi connectivity index (χ1) is 9.63. The van der Waals surface area contributed by atoms with Gasteiger partial charge >= 0.3 is 0 Å². The third-order valence-electron chi connectivity index (χ3n) is 3.27. The number of benzene rings is 1. The van der Waals surface area contributed by atoms with Gasteiger partial charge in [-0.15, -0.1) is 0 Å². The summed E-state index contributed by atoms with van der Waals surface area (Å²) in [5.74, 6) is 0. The second-order valence-corrected chi connectivity index (χ2v) is 5.12. The Morgan fingerprint density at radius 3 is 2.85 bits per heavy atom. The molecule has 0 aliphatic heterocycles. The van der Waals surface area contributed by atoms with E-state index in [2.05, 4.69) is 9.88 Å². The predicted molar refractivity (Wildman–Crippen MR) is 82.8 cm³/mol. The van der Waals surface area contributed by atoms with Gasteiger partial charge in [0.1, 0.15) is 0 Å². The highest BCUT2D eigenvalue weighted by Crippen LogP contribution is 2.05. The van der Waals surface area contributed by atoms with E-state index in [1.807, 2.05) is 31.3 Å². The van der Waals surface area contributed by atoms with Gasteiger partial charge in [0, 0.05) is 26.7 Å². The molecule has 108 valence electrons. The van der Waals surface area contributed by atoms with Gasteiger partial charge in [0.05, 0.1) is 17.5 Å². The second kappa shape index (κ2) is 6.78. The average Bonchev–Trinajstić information content (AvgIpc) is 2.45. The number of rotatable bonds is 6. The van der Waals surface area contributed by atoms with Gasteiger partial charge in [0.25, 0.3) is 5.56 Å². The van der Waals surface area contributed by atoms with Gasteiger partial charge in [0.2, 0.25) is 0 Å². The van der Waals surface area contributed by atoms with E-state index in [1.54, 1.807) is 11.7 Å². The molecule has 20 heavy (non-hydrogen) atoms. The molecule has 1 aromatic carbocycles.